The molecule has 4 aromatic heterocycles. The molecule has 0 fully saturated rings. The third kappa shape index (κ3) is 4.51. The Morgan fingerprint density at radius 1 is 0.286 bits per heavy atom. The molecule has 4 nitrogen and oxygen atoms in total. The molecule has 0 saturated heterocycles. The van der Waals surface area contributed by atoms with E-state index in [1.54, 1.807) is 22.7 Å². The van der Waals surface area contributed by atoms with Crippen LogP contribution in [-0.2, 0) is 0 Å². The second kappa shape index (κ2) is 11.8. The SMILES string of the molecule is O=c1c2ccccc2sc2cc(-c3ccc4c(c3)c3ccccc3n4-n3c4ccccc4c4cc(-c5ccc6c(=O)c7ccccc7sc6c5)ccc43)ccc12. The Kier molecular flexibility index (Phi) is 6.64. The zero-order valence-electron chi connectivity index (χ0n) is 29.7. The molecule has 0 unspecified atom stereocenters. The molecule has 0 aliphatic heterocycles. The Hall–Kier alpha value is -6.86. The average Bonchev–Trinajstić information content (AvgIpc) is 3.75. The fraction of sp³-hybridized carbons (Fsp3) is 0. The van der Waals surface area contributed by atoms with E-state index < -0.39 is 0 Å². The Bertz CT molecular complexity index is 3520. The predicted molar refractivity (Wildman–Crippen MR) is 239 cm³/mol. The number of hydrogen-bond donors (Lipinski definition) is 0. The van der Waals surface area contributed by atoms with Crippen molar-refractivity contribution >= 4 is 107 Å². The highest BCUT2D eigenvalue weighted by Gasteiger charge is 2.19. The van der Waals surface area contributed by atoms with Gasteiger partial charge in [0.1, 0.15) is 0 Å². The standard InChI is InChI=1S/C50H28N2O2S2/c53-49-35-11-3-7-15-45(35)55-47-27-31(17-21-37(47)49)29-19-23-43-39(25-29)33-9-1-5-13-41(33)51(43)52-42-14-6-2-10-34(42)40-26-30(20-24-44(40)52)32-18-22-38-48(28-32)56-46-16-8-4-12-36(46)50(38)54/h1-28H. The smallest absolute Gasteiger partial charge is 0.195 e. The van der Waals surface area contributed by atoms with Crippen molar-refractivity contribution in [1.82, 2.24) is 9.35 Å². The minimum Gasteiger partial charge on any atom is -0.289 e. The first-order valence-electron chi connectivity index (χ1n) is 18.6. The maximum atomic E-state index is 13.3. The summed E-state index contributed by atoms with van der Waals surface area (Å²) in [6, 6.07) is 58.9. The average molecular weight is 753 g/mol. The van der Waals surface area contributed by atoms with Crippen LogP contribution in [0.15, 0.2) is 179 Å². The molecule has 56 heavy (non-hydrogen) atoms. The van der Waals surface area contributed by atoms with Crippen molar-refractivity contribution in [1.29, 1.82) is 0 Å². The summed E-state index contributed by atoms with van der Waals surface area (Å²) < 4.78 is 8.70. The van der Waals surface area contributed by atoms with Crippen molar-refractivity contribution in [3.63, 3.8) is 0 Å². The first-order chi connectivity index (χ1) is 27.6. The summed E-state index contributed by atoms with van der Waals surface area (Å²) in [5.41, 5.74) is 9.00. The molecular weight excluding hydrogens is 725 g/mol. The topological polar surface area (TPSA) is 44.0 Å². The van der Waals surface area contributed by atoms with E-state index in [9.17, 15) is 9.59 Å². The largest absolute Gasteiger partial charge is 0.289 e. The normalized spacial score (nSPS) is 12.1. The highest BCUT2D eigenvalue weighted by atomic mass is 32.1. The van der Waals surface area contributed by atoms with Gasteiger partial charge in [-0.25, -0.2) is 9.35 Å². The van der Waals surface area contributed by atoms with Gasteiger partial charge in [0.25, 0.3) is 0 Å². The highest BCUT2D eigenvalue weighted by Crippen LogP contribution is 2.39. The van der Waals surface area contributed by atoms with Crippen molar-refractivity contribution in [2.24, 2.45) is 0 Å². The summed E-state index contributed by atoms with van der Waals surface area (Å²) in [4.78, 5) is 26.7. The van der Waals surface area contributed by atoms with Crippen LogP contribution in [0.5, 0.6) is 0 Å². The van der Waals surface area contributed by atoms with Crippen molar-refractivity contribution in [2.75, 3.05) is 0 Å². The van der Waals surface area contributed by atoms with Gasteiger partial charge in [-0.2, -0.15) is 0 Å². The third-order valence-corrected chi connectivity index (χ3v) is 13.6. The van der Waals surface area contributed by atoms with Crippen molar-refractivity contribution in [3.05, 3.63) is 190 Å². The fourth-order valence-electron chi connectivity index (χ4n) is 8.66. The number of hydrogen-bond acceptors (Lipinski definition) is 4. The molecule has 0 spiro atoms. The quantitative estimate of drug-likeness (QED) is 0.169. The summed E-state index contributed by atoms with van der Waals surface area (Å²) >= 11 is 3.33. The minimum absolute atomic E-state index is 0.0852. The van der Waals surface area contributed by atoms with Crippen LogP contribution in [0.25, 0.3) is 106 Å². The van der Waals surface area contributed by atoms with Gasteiger partial charge < -0.3 is 0 Å². The Balaban J connectivity index is 1.04. The zero-order chi connectivity index (χ0) is 37.1. The Morgan fingerprint density at radius 3 is 1.09 bits per heavy atom. The van der Waals surface area contributed by atoms with Gasteiger partial charge in [-0.1, -0.05) is 84.9 Å². The molecule has 6 heteroatoms. The van der Waals surface area contributed by atoms with Gasteiger partial charge in [-0.3, -0.25) is 9.59 Å². The zero-order valence-corrected chi connectivity index (χ0v) is 31.3. The lowest BCUT2D eigenvalue weighted by atomic mass is 10.0. The van der Waals surface area contributed by atoms with E-state index in [2.05, 4.69) is 119 Å². The van der Waals surface area contributed by atoms with E-state index in [4.69, 9.17) is 0 Å². The minimum atomic E-state index is 0.0852. The van der Waals surface area contributed by atoms with E-state index in [0.29, 0.717) is 0 Å². The van der Waals surface area contributed by atoms with Crippen LogP contribution in [0.4, 0.5) is 0 Å². The van der Waals surface area contributed by atoms with Gasteiger partial charge in [0.05, 0.1) is 22.1 Å². The van der Waals surface area contributed by atoms with Gasteiger partial charge in [0, 0.05) is 61.9 Å². The van der Waals surface area contributed by atoms with Gasteiger partial charge in [-0.15, -0.1) is 22.7 Å². The monoisotopic (exact) mass is 752 g/mol. The molecule has 0 bridgehead atoms. The van der Waals surface area contributed by atoms with Crippen LogP contribution in [0.1, 0.15) is 0 Å². The van der Waals surface area contributed by atoms with Crippen LogP contribution in [-0.4, -0.2) is 9.35 Å². The molecule has 12 aromatic rings. The molecule has 12 rings (SSSR count). The molecular formula is C50H28N2O2S2. The highest BCUT2D eigenvalue weighted by molar-refractivity contribution is 7.25. The molecule has 262 valence electrons. The van der Waals surface area contributed by atoms with E-state index >= 15 is 0 Å². The van der Waals surface area contributed by atoms with Crippen molar-refractivity contribution in [2.45, 2.75) is 0 Å². The molecule has 8 aromatic carbocycles. The summed E-state index contributed by atoms with van der Waals surface area (Å²) in [5, 5.41) is 7.74. The maximum Gasteiger partial charge on any atom is 0.195 e. The summed E-state index contributed by atoms with van der Waals surface area (Å²) in [6.45, 7) is 0. The van der Waals surface area contributed by atoms with Crippen molar-refractivity contribution in [3.8, 4) is 22.3 Å². The van der Waals surface area contributed by atoms with Gasteiger partial charge in [0.2, 0.25) is 0 Å². The summed E-state index contributed by atoms with van der Waals surface area (Å²) in [5.74, 6) is 0. The van der Waals surface area contributed by atoms with Crippen molar-refractivity contribution < 1.29 is 0 Å². The molecule has 0 amide bonds. The number of benzene rings is 8. The van der Waals surface area contributed by atoms with Crippen LogP contribution >= 0.6 is 22.7 Å². The molecule has 0 aliphatic carbocycles. The van der Waals surface area contributed by atoms with Crippen LogP contribution in [0.3, 0.4) is 0 Å². The Labute approximate surface area is 326 Å². The van der Waals surface area contributed by atoms with E-state index in [1.165, 1.54) is 10.8 Å². The molecule has 0 atom stereocenters. The Morgan fingerprint density at radius 2 is 0.625 bits per heavy atom. The number of aromatic nitrogens is 2. The van der Waals surface area contributed by atoms with Gasteiger partial charge in [-0.05, 0) is 107 Å². The summed E-state index contributed by atoms with van der Waals surface area (Å²) in [6.07, 6.45) is 0. The second-order valence-corrected chi connectivity index (χ2v) is 16.6. The number of nitrogens with zero attached hydrogens (tertiary/aromatic N) is 2. The van der Waals surface area contributed by atoms with E-state index in [-0.39, 0.29) is 10.9 Å². The lowest BCUT2D eigenvalue weighted by Crippen LogP contribution is -2.08. The molecule has 4 heterocycles. The van der Waals surface area contributed by atoms with E-state index in [0.717, 1.165) is 95.4 Å². The second-order valence-electron chi connectivity index (χ2n) is 14.4. The molecule has 0 radical (unpaired) electrons. The molecule has 0 saturated carbocycles. The first-order valence-corrected chi connectivity index (χ1v) is 20.2. The molecule has 0 aliphatic rings. The van der Waals surface area contributed by atoms with Crippen LogP contribution < -0.4 is 10.9 Å². The number of rotatable bonds is 3. The number of para-hydroxylation sites is 2. The fourth-order valence-corrected chi connectivity index (χ4v) is 10.9. The van der Waals surface area contributed by atoms with Gasteiger partial charge in [0.15, 0.2) is 10.9 Å². The maximum absolute atomic E-state index is 13.3. The summed E-state index contributed by atoms with van der Waals surface area (Å²) in [7, 11) is 0. The third-order valence-electron chi connectivity index (χ3n) is 11.3. The number of fused-ring (bicyclic) bond motifs is 10. The van der Waals surface area contributed by atoms with E-state index in [1.807, 2.05) is 60.7 Å². The predicted octanol–water partition coefficient (Wildman–Crippen LogP) is 13.0. The van der Waals surface area contributed by atoms with Crippen LogP contribution in [0, 0.1) is 0 Å². The first kappa shape index (κ1) is 31.5. The molecule has 0 N–H and O–H groups in total. The van der Waals surface area contributed by atoms with Crippen LogP contribution in [0.2, 0.25) is 0 Å². The lowest BCUT2D eigenvalue weighted by Gasteiger charge is -2.14. The lowest BCUT2D eigenvalue weighted by molar-refractivity contribution is 0.775. The van der Waals surface area contributed by atoms with Gasteiger partial charge >= 0.3 is 0 Å².